The maximum Gasteiger partial charge on any atom is 0.334 e. The molecular formula is C20H28O7. The Labute approximate surface area is 158 Å². The van der Waals surface area contributed by atoms with E-state index in [2.05, 4.69) is 20.4 Å². The Morgan fingerprint density at radius 1 is 1.19 bits per heavy atom. The highest BCUT2D eigenvalue weighted by Crippen LogP contribution is 2.55. The summed E-state index contributed by atoms with van der Waals surface area (Å²) in [6.45, 7) is 8.09. The van der Waals surface area contributed by atoms with E-state index in [-0.39, 0.29) is 36.1 Å². The maximum atomic E-state index is 11.9. The van der Waals surface area contributed by atoms with E-state index in [1.54, 1.807) is 0 Å². The van der Waals surface area contributed by atoms with Crippen molar-refractivity contribution in [3.8, 4) is 0 Å². The van der Waals surface area contributed by atoms with Crippen molar-refractivity contribution in [1.82, 2.24) is 0 Å². The number of rotatable bonds is 2. The Balaban J connectivity index is 1.50. The zero-order valence-electron chi connectivity index (χ0n) is 15.8. The molecule has 7 nitrogen and oxygen atoms in total. The molecule has 0 aromatic rings. The number of fused-ring (bicyclic) bond motifs is 2. The Morgan fingerprint density at radius 2 is 1.93 bits per heavy atom. The van der Waals surface area contributed by atoms with Gasteiger partial charge in [0.25, 0.3) is 0 Å². The number of ether oxygens (including phenoxy) is 3. The van der Waals surface area contributed by atoms with Crippen molar-refractivity contribution in [2.24, 2.45) is 11.3 Å². The lowest BCUT2D eigenvalue weighted by molar-refractivity contribution is -0.285. The molecule has 7 heteroatoms. The second-order valence-electron chi connectivity index (χ2n) is 8.72. The predicted octanol–water partition coefficient (Wildman–Crippen LogP) is 0.819. The van der Waals surface area contributed by atoms with Crippen molar-refractivity contribution in [2.75, 3.05) is 6.61 Å². The third-order valence-corrected chi connectivity index (χ3v) is 6.73. The van der Waals surface area contributed by atoms with Crippen molar-refractivity contribution < 1.29 is 34.3 Å². The lowest BCUT2D eigenvalue weighted by atomic mass is 9.60. The second-order valence-corrected chi connectivity index (χ2v) is 8.72. The fraction of sp³-hybridized carbons (Fsp3) is 0.750. The quantitative estimate of drug-likeness (QED) is 0.370. The second kappa shape index (κ2) is 6.67. The highest BCUT2D eigenvalue weighted by molar-refractivity contribution is 5.91. The van der Waals surface area contributed by atoms with Gasteiger partial charge in [-0.1, -0.05) is 24.6 Å². The number of aliphatic hydroxyl groups is 3. The van der Waals surface area contributed by atoms with E-state index in [1.165, 1.54) is 11.1 Å². The molecule has 0 bridgehead atoms. The van der Waals surface area contributed by atoms with E-state index in [0.717, 1.165) is 19.3 Å². The molecule has 2 aliphatic carbocycles. The summed E-state index contributed by atoms with van der Waals surface area (Å²) in [6, 6.07) is 0. The fourth-order valence-electron chi connectivity index (χ4n) is 5.26. The fourth-order valence-corrected chi connectivity index (χ4v) is 5.26. The minimum Gasteiger partial charge on any atom is -0.458 e. The van der Waals surface area contributed by atoms with Gasteiger partial charge in [0.15, 0.2) is 6.29 Å². The van der Waals surface area contributed by atoms with Gasteiger partial charge in [-0.05, 0) is 38.0 Å². The van der Waals surface area contributed by atoms with Gasteiger partial charge in [0.2, 0.25) is 0 Å². The lowest BCUT2D eigenvalue weighted by Gasteiger charge is -2.48. The van der Waals surface area contributed by atoms with Crippen molar-refractivity contribution in [3.05, 3.63) is 23.3 Å². The molecule has 0 aromatic carbocycles. The zero-order chi connectivity index (χ0) is 19.5. The summed E-state index contributed by atoms with van der Waals surface area (Å²) in [5.74, 6) is -0.224. The Hall–Kier alpha value is -1.25. The van der Waals surface area contributed by atoms with Gasteiger partial charge in [0.1, 0.15) is 24.4 Å². The molecule has 3 N–H and O–H groups in total. The normalized spacial score (nSPS) is 47.5. The standard InChI is InChI=1S/C20H28O7/c1-9-4-11(26-19-17(23)16(22)14(21)8-25-19)6-20(3)7-15-12(5-13(9)20)10(2)18(24)27-15/h11-12,14-17,19,21-23H,2,4-8H2,1,3H3/t11-,12?,14+,15+,16-,17+,19-,20+/m0/s1. The van der Waals surface area contributed by atoms with Crippen molar-refractivity contribution in [3.63, 3.8) is 0 Å². The number of carbonyl (C=O) groups is 1. The highest BCUT2D eigenvalue weighted by atomic mass is 16.7. The van der Waals surface area contributed by atoms with Gasteiger partial charge in [0.05, 0.1) is 12.7 Å². The van der Waals surface area contributed by atoms with Crippen LogP contribution in [0, 0.1) is 11.3 Å². The summed E-state index contributed by atoms with van der Waals surface area (Å²) in [5.41, 5.74) is 3.00. The van der Waals surface area contributed by atoms with Crippen molar-refractivity contribution in [2.45, 2.75) is 76.3 Å². The average Bonchev–Trinajstić information content (AvgIpc) is 2.86. The number of hydrogen-bond donors (Lipinski definition) is 3. The van der Waals surface area contributed by atoms with E-state index in [1.807, 2.05) is 0 Å². The summed E-state index contributed by atoms with van der Waals surface area (Å²) < 4.78 is 16.9. The molecule has 4 aliphatic rings. The van der Waals surface area contributed by atoms with Gasteiger partial charge in [-0.25, -0.2) is 4.79 Å². The van der Waals surface area contributed by atoms with Crippen LogP contribution in [-0.4, -0.2) is 64.7 Å². The van der Waals surface area contributed by atoms with Crippen LogP contribution >= 0.6 is 0 Å². The van der Waals surface area contributed by atoms with Crippen LogP contribution in [0.5, 0.6) is 0 Å². The summed E-state index contributed by atoms with van der Waals surface area (Å²) in [4.78, 5) is 11.9. The van der Waals surface area contributed by atoms with Gasteiger partial charge >= 0.3 is 5.97 Å². The molecule has 0 amide bonds. The lowest BCUT2D eigenvalue weighted by Crippen LogP contribution is -2.55. The predicted molar refractivity (Wildman–Crippen MR) is 94.4 cm³/mol. The van der Waals surface area contributed by atoms with Crippen molar-refractivity contribution >= 4 is 5.97 Å². The SMILES string of the molecule is C=C1C(=O)O[C@@H]2C[C@@]3(C)C[C@@H](O[C@@H]4OC[C@@H](O)[C@H](O)[C@H]4O)CC(C)=C3CC12. The van der Waals surface area contributed by atoms with E-state index in [4.69, 9.17) is 14.2 Å². The van der Waals surface area contributed by atoms with Gasteiger partial charge < -0.3 is 29.5 Å². The number of allylic oxidation sites excluding steroid dienone is 1. The third kappa shape index (κ3) is 3.15. The van der Waals surface area contributed by atoms with E-state index in [9.17, 15) is 20.1 Å². The van der Waals surface area contributed by atoms with Crippen LogP contribution in [0.3, 0.4) is 0 Å². The molecule has 27 heavy (non-hydrogen) atoms. The molecule has 2 saturated heterocycles. The van der Waals surface area contributed by atoms with Crippen LogP contribution < -0.4 is 0 Å². The first-order chi connectivity index (χ1) is 12.7. The average molecular weight is 380 g/mol. The number of hydrogen-bond acceptors (Lipinski definition) is 7. The molecule has 0 aromatic heterocycles. The molecule has 2 heterocycles. The summed E-state index contributed by atoms with van der Waals surface area (Å²) in [5, 5.41) is 29.6. The number of aliphatic hydroxyl groups excluding tert-OH is 3. The van der Waals surface area contributed by atoms with E-state index >= 15 is 0 Å². The van der Waals surface area contributed by atoms with Crippen LogP contribution in [0.4, 0.5) is 0 Å². The number of carbonyl (C=O) groups excluding carboxylic acids is 1. The molecule has 0 spiro atoms. The Morgan fingerprint density at radius 3 is 2.67 bits per heavy atom. The molecule has 1 saturated carbocycles. The molecule has 3 fully saturated rings. The largest absolute Gasteiger partial charge is 0.458 e. The first kappa shape index (κ1) is 19.1. The van der Waals surface area contributed by atoms with Gasteiger partial charge in [-0.3, -0.25) is 0 Å². The van der Waals surface area contributed by atoms with Gasteiger partial charge in [0, 0.05) is 11.5 Å². The van der Waals surface area contributed by atoms with E-state index < -0.39 is 24.6 Å². The van der Waals surface area contributed by atoms with Gasteiger partial charge in [-0.2, -0.15) is 0 Å². The summed E-state index contributed by atoms with van der Waals surface area (Å²) in [6.07, 6.45) is -2.04. The zero-order valence-corrected chi connectivity index (χ0v) is 15.8. The summed E-state index contributed by atoms with van der Waals surface area (Å²) >= 11 is 0. The van der Waals surface area contributed by atoms with Gasteiger partial charge in [-0.15, -0.1) is 0 Å². The topological polar surface area (TPSA) is 105 Å². The first-order valence-electron chi connectivity index (χ1n) is 9.60. The Bertz CT molecular complexity index is 686. The molecule has 150 valence electrons. The minimum absolute atomic E-state index is 0.0631. The first-order valence-corrected chi connectivity index (χ1v) is 9.60. The van der Waals surface area contributed by atoms with Crippen LogP contribution in [0.15, 0.2) is 23.3 Å². The molecular weight excluding hydrogens is 352 g/mol. The smallest absolute Gasteiger partial charge is 0.334 e. The minimum atomic E-state index is -1.29. The van der Waals surface area contributed by atoms with Crippen LogP contribution in [0.2, 0.25) is 0 Å². The third-order valence-electron chi connectivity index (χ3n) is 6.73. The van der Waals surface area contributed by atoms with E-state index in [0.29, 0.717) is 12.0 Å². The molecule has 1 unspecified atom stereocenters. The molecule has 0 radical (unpaired) electrons. The molecule has 2 aliphatic heterocycles. The summed E-state index contributed by atoms with van der Waals surface area (Å²) in [7, 11) is 0. The van der Waals surface area contributed by atoms with Crippen LogP contribution in [0.1, 0.15) is 39.5 Å². The maximum absolute atomic E-state index is 11.9. The highest BCUT2D eigenvalue weighted by Gasteiger charge is 2.52. The van der Waals surface area contributed by atoms with Crippen molar-refractivity contribution in [1.29, 1.82) is 0 Å². The monoisotopic (exact) mass is 380 g/mol. The molecule has 4 rings (SSSR count). The van der Waals surface area contributed by atoms with Crippen LogP contribution in [0.25, 0.3) is 0 Å². The molecule has 8 atom stereocenters. The van der Waals surface area contributed by atoms with Crippen LogP contribution in [-0.2, 0) is 19.0 Å². The number of esters is 1. The Kier molecular flexibility index (Phi) is 4.71.